The van der Waals surface area contributed by atoms with Gasteiger partial charge in [0.15, 0.2) is 11.9 Å². The van der Waals surface area contributed by atoms with Crippen molar-refractivity contribution >= 4 is 45.5 Å². The topological polar surface area (TPSA) is 224 Å². The van der Waals surface area contributed by atoms with Crippen molar-refractivity contribution in [2.24, 2.45) is 32.9 Å². The molecule has 4 heterocycles. The fourth-order valence-electron chi connectivity index (χ4n) is 5.83. The van der Waals surface area contributed by atoms with Gasteiger partial charge < -0.3 is 22.9 Å². The molecule has 14 heteroatoms. The minimum Gasteiger partial charge on any atom is -0.370 e. The van der Waals surface area contributed by atoms with E-state index in [4.69, 9.17) is 22.9 Å². The van der Waals surface area contributed by atoms with E-state index in [1.807, 2.05) is 70.0 Å². The van der Waals surface area contributed by atoms with E-state index in [2.05, 4.69) is 30.2 Å². The van der Waals surface area contributed by atoms with Crippen molar-refractivity contribution in [3.05, 3.63) is 108 Å². The molecular weight excluding hydrogens is 608 g/mol. The molecule has 0 spiro atoms. The molecule has 4 aromatic heterocycles. The standard InChI is InChI=1S/2C17H16N6O/c2*18-17(19)22-16(24)12-9-21-23(15(12)10-6-7-10)14-5-1-4-13-11(14)3-2-8-20-13/h2*1-5,8-10H,6-7H2,(H4,18,19,22,24). The predicted octanol–water partition coefficient (Wildman–Crippen LogP) is 3.42. The maximum Gasteiger partial charge on any atom is 0.283 e. The van der Waals surface area contributed by atoms with Gasteiger partial charge in [-0.25, -0.2) is 9.36 Å². The molecule has 8 N–H and O–H groups in total. The van der Waals surface area contributed by atoms with Gasteiger partial charge in [0.25, 0.3) is 11.8 Å². The van der Waals surface area contributed by atoms with Crippen molar-refractivity contribution in [3.8, 4) is 11.4 Å². The number of hydrogen-bond donors (Lipinski definition) is 4. The van der Waals surface area contributed by atoms with Crippen LogP contribution in [0.3, 0.4) is 0 Å². The molecule has 0 unspecified atom stereocenters. The summed E-state index contributed by atoms with van der Waals surface area (Å²) >= 11 is 0. The number of pyridine rings is 2. The third kappa shape index (κ3) is 5.93. The number of amides is 2. The number of aromatic nitrogens is 6. The summed E-state index contributed by atoms with van der Waals surface area (Å²) < 4.78 is 3.63. The molecule has 8 rings (SSSR count). The van der Waals surface area contributed by atoms with E-state index < -0.39 is 11.8 Å². The summed E-state index contributed by atoms with van der Waals surface area (Å²) in [6.07, 6.45) is 10.7. The molecule has 2 aliphatic rings. The summed E-state index contributed by atoms with van der Waals surface area (Å²) in [5.74, 6) is -0.809. The normalized spacial score (nSPS) is 13.8. The first-order chi connectivity index (χ1) is 23.3. The Hall–Kier alpha value is -6.44. The molecule has 0 aliphatic heterocycles. The van der Waals surface area contributed by atoms with Gasteiger partial charge in [0.1, 0.15) is 0 Å². The molecule has 0 atom stereocenters. The van der Waals surface area contributed by atoms with E-state index in [9.17, 15) is 9.59 Å². The molecule has 14 nitrogen and oxygen atoms in total. The van der Waals surface area contributed by atoms with Gasteiger partial charge in [-0.15, -0.1) is 0 Å². The number of hydrogen-bond acceptors (Lipinski definition) is 6. The Morgan fingerprint density at radius 3 is 1.40 bits per heavy atom. The summed E-state index contributed by atoms with van der Waals surface area (Å²) in [4.78, 5) is 40.7. The van der Waals surface area contributed by atoms with E-state index in [1.165, 1.54) is 12.4 Å². The summed E-state index contributed by atoms with van der Waals surface area (Å²) in [6.45, 7) is 0. The average molecular weight is 641 g/mol. The van der Waals surface area contributed by atoms with Crippen LogP contribution in [-0.2, 0) is 0 Å². The number of nitrogens with two attached hydrogens (primary N) is 4. The molecule has 0 radical (unpaired) electrons. The van der Waals surface area contributed by atoms with Crippen LogP contribution in [0.15, 0.2) is 95.4 Å². The molecule has 0 bridgehead atoms. The molecule has 240 valence electrons. The number of fused-ring (bicyclic) bond motifs is 2. The zero-order chi connectivity index (χ0) is 33.4. The molecule has 6 aromatic rings. The first kappa shape index (κ1) is 30.2. The van der Waals surface area contributed by atoms with Crippen molar-refractivity contribution in [2.45, 2.75) is 37.5 Å². The first-order valence-corrected chi connectivity index (χ1v) is 15.4. The smallest absolute Gasteiger partial charge is 0.283 e. The fourth-order valence-corrected chi connectivity index (χ4v) is 5.83. The van der Waals surface area contributed by atoms with E-state index >= 15 is 0 Å². The molecule has 2 amide bonds. The molecule has 2 fully saturated rings. The van der Waals surface area contributed by atoms with Crippen molar-refractivity contribution in [2.75, 3.05) is 0 Å². The van der Waals surface area contributed by atoms with Crippen LogP contribution in [0.4, 0.5) is 0 Å². The zero-order valence-corrected chi connectivity index (χ0v) is 25.8. The van der Waals surface area contributed by atoms with Crippen molar-refractivity contribution in [1.82, 2.24) is 29.5 Å². The van der Waals surface area contributed by atoms with Gasteiger partial charge in [-0.3, -0.25) is 19.6 Å². The second-order valence-electron chi connectivity index (χ2n) is 11.6. The van der Waals surface area contributed by atoms with Gasteiger partial charge in [-0.2, -0.15) is 20.2 Å². The minimum absolute atomic E-state index is 0.246. The highest BCUT2D eigenvalue weighted by molar-refractivity contribution is 6.03. The number of nitrogens with zero attached hydrogens (tertiary/aromatic N) is 8. The molecular formula is C34H32N12O2. The number of aliphatic imine (C=N–C) groups is 2. The van der Waals surface area contributed by atoms with Crippen LogP contribution in [-0.4, -0.2) is 53.3 Å². The summed E-state index contributed by atoms with van der Waals surface area (Å²) in [6, 6.07) is 19.5. The number of benzene rings is 2. The minimum atomic E-state index is -0.457. The lowest BCUT2D eigenvalue weighted by atomic mass is 10.1. The lowest BCUT2D eigenvalue weighted by Crippen LogP contribution is -2.24. The van der Waals surface area contributed by atoms with E-state index in [1.54, 1.807) is 12.4 Å². The van der Waals surface area contributed by atoms with Gasteiger partial charge in [0, 0.05) is 35.0 Å². The van der Waals surface area contributed by atoms with Gasteiger partial charge in [0.2, 0.25) is 0 Å². The third-order valence-corrected chi connectivity index (χ3v) is 8.16. The molecule has 0 saturated heterocycles. The van der Waals surface area contributed by atoms with Crippen molar-refractivity contribution in [1.29, 1.82) is 0 Å². The van der Waals surface area contributed by atoms with Gasteiger partial charge in [-0.1, -0.05) is 12.1 Å². The number of carbonyl (C=O) groups excluding carboxylic acids is 2. The maximum atomic E-state index is 12.3. The van der Waals surface area contributed by atoms with Gasteiger partial charge in [0.05, 0.1) is 57.3 Å². The maximum absolute atomic E-state index is 12.3. The molecule has 2 aromatic carbocycles. The van der Waals surface area contributed by atoms with Crippen LogP contribution in [0.1, 0.15) is 69.6 Å². The molecule has 48 heavy (non-hydrogen) atoms. The second kappa shape index (κ2) is 12.4. The Morgan fingerprint density at radius 1 is 0.604 bits per heavy atom. The van der Waals surface area contributed by atoms with E-state index in [-0.39, 0.29) is 11.9 Å². The van der Waals surface area contributed by atoms with Crippen molar-refractivity contribution in [3.63, 3.8) is 0 Å². The summed E-state index contributed by atoms with van der Waals surface area (Å²) in [7, 11) is 0. The first-order valence-electron chi connectivity index (χ1n) is 15.4. The highest BCUT2D eigenvalue weighted by atomic mass is 16.2. The fraction of sp³-hybridized carbons (Fsp3) is 0.176. The van der Waals surface area contributed by atoms with Gasteiger partial charge in [-0.05, 0) is 74.2 Å². The van der Waals surface area contributed by atoms with Crippen LogP contribution in [0.5, 0.6) is 0 Å². The van der Waals surface area contributed by atoms with Crippen LogP contribution >= 0.6 is 0 Å². The van der Waals surface area contributed by atoms with Gasteiger partial charge >= 0.3 is 0 Å². The van der Waals surface area contributed by atoms with E-state index in [0.717, 1.165) is 70.3 Å². The number of guanidine groups is 2. The van der Waals surface area contributed by atoms with Crippen LogP contribution in [0.25, 0.3) is 33.2 Å². The Morgan fingerprint density at radius 2 is 1.02 bits per heavy atom. The second-order valence-corrected chi connectivity index (χ2v) is 11.6. The third-order valence-electron chi connectivity index (χ3n) is 8.16. The lowest BCUT2D eigenvalue weighted by molar-refractivity contribution is 0.0993. The zero-order valence-electron chi connectivity index (χ0n) is 25.8. The highest BCUT2D eigenvalue weighted by Crippen LogP contribution is 2.44. The largest absolute Gasteiger partial charge is 0.370 e. The Kier molecular flexibility index (Phi) is 7.81. The lowest BCUT2D eigenvalue weighted by Gasteiger charge is -2.10. The molecule has 2 saturated carbocycles. The van der Waals surface area contributed by atoms with E-state index in [0.29, 0.717) is 23.0 Å². The van der Waals surface area contributed by atoms with Crippen molar-refractivity contribution < 1.29 is 9.59 Å². The summed E-state index contributed by atoms with van der Waals surface area (Å²) in [5.41, 5.74) is 27.5. The van der Waals surface area contributed by atoms with Crippen LogP contribution in [0.2, 0.25) is 0 Å². The Labute approximate surface area is 274 Å². The Bertz CT molecular complexity index is 2080. The van der Waals surface area contributed by atoms with Crippen LogP contribution in [0, 0.1) is 0 Å². The Balaban J connectivity index is 0.000000152. The number of rotatable bonds is 6. The van der Waals surface area contributed by atoms with Crippen LogP contribution < -0.4 is 22.9 Å². The monoisotopic (exact) mass is 640 g/mol. The predicted molar refractivity (Wildman–Crippen MR) is 182 cm³/mol. The highest BCUT2D eigenvalue weighted by Gasteiger charge is 2.34. The number of carbonyl (C=O) groups is 2. The molecule has 2 aliphatic carbocycles. The average Bonchev–Trinajstić information content (AvgIpc) is 4.02. The SMILES string of the molecule is NC(N)=NC(=O)c1cnn(-c2cccc3ncccc23)c1C1CC1.NC(N)=NC(=O)c1cnn(-c2cccc3ncccc23)c1C1CC1. The quantitative estimate of drug-likeness (QED) is 0.153. The summed E-state index contributed by atoms with van der Waals surface area (Å²) in [5, 5.41) is 10.8.